The molecule has 0 saturated carbocycles. The van der Waals surface area contributed by atoms with Crippen LogP contribution in [0.1, 0.15) is 60.8 Å². The molecule has 5 aromatic rings. The van der Waals surface area contributed by atoms with Gasteiger partial charge in [-0.3, -0.25) is 4.79 Å². The number of primary amides is 1. The molecule has 0 spiro atoms. The van der Waals surface area contributed by atoms with Crippen LogP contribution in [0.5, 0.6) is 5.88 Å². The molecule has 0 unspecified atom stereocenters. The number of nitrogens with two attached hydrogens (primary N) is 1. The summed E-state index contributed by atoms with van der Waals surface area (Å²) in [7, 11) is 4.53. The number of carbonyl (C=O) groups is 1. The largest absolute Gasteiger partial charge is 0.471 e. The Morgan fingerprint density at radius 3 is 2.11 bits per heavy atom. The van der Waals surface area contributed by atoms with Crippen molar-refractivity contribution in [3.8, 4) is 28.1 Å². The number of carbonyl (C=O) groups excluding carboxylic acids is 1. The first-order valence-electron chi connectivity index (χ1n) is 15.8. The smallest absolute Gasteiger partial charge is 0.249 e. The van der Waals surface area contributed by atoms with Gasteiger partial charge in [0.1, 0.15) is 19.2 Å². The van der Waals surface area contributed by atoms with E-state index in [2.05, 4.69) is 82.5 Å². The summed E-state index contributed by atoms with van der Waals surface area (Å²) in [6.45, 7) is 5.75. The Morgan fingerprint density at radius 1 is 0.841 bits per heavy atom. The Morgan fingerprint density at radius 2 is 1.48 bits per heavy atom. The second-order valence-electron chi connectivity index (χ2n) is 12.1. The summed E-state index contributed by atoms with van der Waals surface area (Å²) < 4.78 is 7.18. The van der Waals surface area contributed by atoms with Crippen LogP contribution in [0.25, 0.3) is 33.0 Å². The molecule has 0 aliphatic rings. The monoisotopic (exact) mass is 586 g/mol. The quantitative estimate of drug-likeness (QED) is 0.141. The average Bonchev–Trinajstić information content (AvgIpc) is 3.04. The number of hydrogen-bond acceptors (Lipinski definition) is 3. The summed E-state index contributed by atoms with van der Waals surface area (Å²) in [5.74, 6) is 0.285. The number of rotatable bonds is 13. The summed E-state index contributed by atoms with van der Waals surface area (Å²) in [6, 6.07) is 35.1. The molecule has 5 nitrogen and oxygen atoms in total. The number of unbranched alkanes of at least 4 members (excludes halogenated alkanes) is 1. The van der Waals surface area contributed by atoms with Gasteiger partial charge in [0, 0.05) is 34.2 Å². The third kappa shape index (κ3) is 6.68. The summed E-state index contributed by atoms with van der Waals surface area (Å²) >= 11 is 0. The SMILES string of the molecule is CCCCc1cc2ccccc2c(OCC[N+](C)(C)[C@H](CC)c2ccc(C(N)=O)c(-c3ccccc3)c2-c2ccccc2)n1. The van der Waals surface area contributed by atoms with Crippen LogP contribution in [0.2, 0.25) is 0 Å². The van der Waals surface area contributed by atoms with E-state index in [-0.39, 0.29) is 6.04 Å². The molecule has 44 heavy (non-hydrogen) atoms. The molecule has 0 fully saturated rings. The number of aromatic nitrogens is 1. The van der Waals surface area contributed by atoms with Gasteiger partial charge in [-0.15, -0.1) is 0 Å². The molecule has 5 rings (SSSR count). The van der Waals surface area contributed by atoms with Crippen LogP contribution in [0.3, 0.4) is 0 Å². The number of pyridine rings is 1. The zero-order chi connectivity index (χ0) is 31.1. The molecule has 0 radical (unpaired) electrons. The highest BCUT2D eigenvalue weighted by atomic mass is 16.5. The van der Waals surface area contributed by atoms with Crippen LogP contribution in [0.4, 0.5) is 0 Å². The van der Waals surface area contributed by atoms with Gasteiger partial charge in [0.25, 0.3) is 0 Å². The number of benzene rings is 4. The van der Waals surface area contributed by atoms with Crippen molar-refractivity contribution in [1.82, 2.24) is 4.98 Å². The van der Waals surface area contributed by atoms with Crippen molar-refractivity contribution >= 4 is 16.7 Å². The van der Waals surface area contributed by atoms with Crippen LogP contribution >= 0.6 is 0 Å². The van der Waals surface area contributed by atoms with Gasteiger partial charge in [0.05, 0.1) is 14.1 Å². The standard InChI is InChI=1S/C39H43N3O2/c1-5-7-21-31-27-30-20-14-15-22-32(30)39(41-31)44-26-25-42(3,4)35(6-2)33-23-24-34(38(40)43)37(29-18-12-9-13-19-29)36(33)28-16-10-8-11-17-28/h8-20,22-24,27,35H,5-7,21,25-26H2,1-4H3,(H-,40,43)/p+1/t35-/m1/s1. The van der Waals surface area contributed by atoms with Crippen LogP contribution < -0.4 is 10.5 Å². The van der Waals surface area contributed by atoms with Gasteiger partial charge in [-0.2, -0.15) is 0 Å². The highest BCUT2D eigenvalue weighted by Crippen LogP contribution is 2.43. The van der Waals surface area contributed by atoms with Gasteiger partial charge in [-0.25, -0.2) is 4.98 Å². The van der Waals surface area contributed by atoms with E-state index in [1.54, 1.807) is 0 Å². The number of nitrogens with zero attached hydrogens (tertiary/aromatic N) is 2. The number of hydrogen-bond donors (Lipinski definition) is 1. The lowest BCUT2D eigenvalue weighted by atomic mass is 9.83. The molecule has 0 saturated heterocycles. The summed E-state index contributed by atoms with van der Waals surface area (Å²) in [5, 5.41) is 2.21. The number of aryl methyl sites for hydroxylation is 1. The molecule has 1 heterocycles. The maximum atomic E-state index is 12.8. The van der Waals surface area contributed by atoms with E-state index >= 15 is 0 Å². The lowest BCUT2D eigenvalue weighted by Crippen LogP contribution is -2.46. The number of fused-ring (bicyclic) bond motifs is 1. The number of quaternary nitrogens is 1. The third-order valence-corrected chi connectivity index (χ3v) is 8.67. The van der Waals surface area contributed by atoms with Crippen LogP contribution in [-0.2, 0) is 6.42 Å². The van der Waals surface area contributed by atoms with Crippen LogP contribution in [0, 0.1) is 0 Å². The molecule has 2 N–H and O–H groups in total. The van der Waals surface area contributed by atoms with Crippen LogP contribution in [0.15, 0.2) is 103 Å². The molecule has 0 aliphatic heterocycles. The van der Waals surface area contributed by atoms with Gasteiger partial charge in [-0.05, 0) is 53.1 Å². The second kappa shape index (κ2) is 13.9. The topological polar surface area (TPSA) is 65.2 Å². The van der Waals surface area contributed by atoms with E-state index in [0.29, 0.717) is 22.5 Å². The first-order chi connectivity index (χ1) is 21.3. The van der Waals surface area contributed by atoms with Gasteiger partial charge in [0.15, 0.2) is 0 Å². The van der Waals surface area contributed by atoms with E-state index in [0.717, 1.165) is 65.6 Å². The highest BCUT2D eigenvalue weighted by molar-refractivity contribution is 6.04. The predicted octanol–water partition coefficient (Wildman–Crippen LogP) is 8.62. The van der Waals surface area contributed by atoms with Crippen molar-refractivity contribution in [1.29, 1.82) is 0 Å². The second-order valence-corrected chi connectivity index (χ2v) is 12.1. The fourth-order valence-corrected chi connectivity index (χ4v) is 6.36. The van der Waals surface area contributed by atoms with Crippen molar-refractivity contribution < 1.29 is 14.0 Å². The van der Waals surface area contributed by atoms with Crippen molar-refractivity contribution in [2.24, 2.45) is 5.73 Å². The lowest BCUT2D eigenvalue weighted by Gasteiger charge is -2.39. The molecule has 226 valence electrons. The molecule has 1 amide bonds. The van der Waals surface area contributed by atoms with E-state index in [1.807, 2.05) is 48.5 Å². The van der Waals surface area contributed by atoms with Gasteiger partial charge in [0.2, 0.25) is 11.8 Å². The Bertz CT molecular complexity index is 1710. The van der Waals surface area contributed by atoms with Crippen molar-refractivity contribution in [3.05, 3.63) is 120 Å². The number of ether oxygens (including phenoxy) is 1. The molecular weight excluding hydrogens is 542 g/mol. The number of amides is 1. The van der Waals surface area contributed by atoms with Gasteiger partial charge >= 0.3 is 0 Å². The number of likely N-dealkylation sites (N-methyl/N-ethyl adjacent to an activating group) is 1. The first kappa shape index (κ1) is 31.0. The van der Waals surface area contributed by atoms with Gasteiger partial charge < -0.3 is 15.0 Å². The maximum absolute atomic E-state index is 12.8. The van der Waals surface area contributed by atoms with Crippen LogP contribution in [-0.4, -0.2) is 42.6 Å². The molecule has 0 aliphatic carbocycles. The molecule has 1 aromatic heterocycles. The zero-order valence-corrected chi connectivity index (χ0v) is 26.4. The van der Waals surface area contributed by atoms with E-state index < -0.39 is 5.91 Å². The minimum absolute atomic E-state index is 0.138. The third-order valence-electron chi connectivity index (χ3n) is 8.67. The summed E-state index contributed by atoms with van der Waals surface area (Å²) in [4.78, 5) is 17.7. The summed E-state index contributed by atoms with van der Waals surface area (Å²) in [6.07, 6.45) is 4.09. The Balaban J connectivity index is 1.52. The van der Waals surface area contributed by atoms with Crippen molar-refractivity contribution in [3.63, 3.8) is 0 Å². The van der Waals surface area contributed by atoms with Crippen molar-refractivity contribution in [2.45, 2.75) is 45.6 Å². The molecule has 1 atom stereocenters. The Labute approximate surface area is 261 Å². The minimum atomic E-state index is -0.427. The Hall–Kier alpha value is -4.48. The maximum Gasteiger partial charge on any atom is 0.249 e. The summed E-state index contributed by atoms with van der Waals surface area (Å²) in [5.41, 5.74) is 12.8. The molecule has 0 bridgehead atoms. The lowest BCUT2D eigenvalue weighted by molar-refractivity contribution is -0.921. The average molecular weight is 587 g/mol. The predicted molar refractivity (Wildman–Crippen MR) is 182 cm³/mol. The Kier molecular flexibility index (Phi) is 9.76. The van der Waals surface area contributed by atoms with E-state index in [9.17, 15) is 4.79 Å². The zero-order valence-electron chi connectivity index (χ0n) is 26.4. The minimum Gasteiger partial charge on any atom is -0.471 e. The van der Waals surface area contributed by atoms with Crippen molar-refractivity contribution in [2.75, 3.05) is 27.2 Å². The normalized spacial score (nSPS) is 12.3. The van der Waals surface area contributed by atoms with Gasteiger partial charge in [-0.1, -0.05) is 105 Å². The molecule has 5 heteroatoms. The fraction of sp³-hybridized carbons (Fsp3) is 0.282. The van der Waals surface area contributed by atoms with E-state index in [4.69, 9.17) is 15.5 Å². The fourth-order valence-electron chi connectivity index (χ4n) is 6.36. The highest BCUT2D eigenvalue weighted by Gasteiger charge is 2.33. The first-order valence-corrected chi connectivity index (χ1v) is 15.8. The molecular formula is C39H44N3O2+. The molecule has 4 aromatic carbocycles. The van der Waals surface area contributed by atoms with E-state index in [1.165, 1.54) is 10.9 Å².